The second kappa shape index (κ2) is 11.0. The predicted octanol–water partition coefficient (Wildman–Crippen LogP) is 5.23. The van der Waals surface area contributed by atoms with Gasteiger partial charge in [0.2, 0.25) is 11.8 Å². The van der Waals surface area contributed by atoms with Gasteiger partial charge in [0, 0.05) is 35.8 Å². The molecule has 1 saturated carbocycles. The lowest BCUT2D eigenvalue weighted by molar-refractivity contribution is -0.144. The van der Waals surface area contributed by atoms with Crippen molar-refractivity contribution in [1.29, 1.82) is 0 Å². The van der Waals surface area contributed by atoms with E-state index in [1.807, 2.05) is 13.8 Å². The number of nitrogens with two attached hydrogens (primary N) is 1. The van der Waals surface area contributed by atoms with Gasteiger partial charge in [0.25, 0.3) is 5.91 Å². The number of aryl methyl sites for hydroxylation is 1. The highest BCUT2D eigenvalue weighted by molar-refractivity contribution is 7.19. The van der Waals surface area contributed by atoms with Crippen molar-refractivity contribution in [2.75, 3.05) is 13.1 Å². The number of aromatic nitrogens is 2. The first-order valence-electron chi connectivity index (χ1n) is 13.2. The number of imide groups is 1. The molecule has 5 heterocycles. The summed E-state index contributed by atoms with van der Waals surface area (Å²) in [5.41, 5.74) is 5.63. The summed E-state index contributed by atoms with van der Waals surface area (Å²) in [4.78, 5) is 51.3. The van der Waals surface area contributed by atoms with Crippen LogP contribution >= 0.6 is 36.2 Å². The van der Waals surface area contributed by atoms with E-state index in [1.54, 1.807) is 17.0 Å². The zero-order valence-electron chi connectivity index (χ0n) is 23.0. The third-order valence-corrected chi connectivity index (χ3v) is 9.61. The molecule has 226 valence electrons. The Bertz CT molecular complexity index is 1560. The first-order valence-corrected chi connectivity index (χ1v) is 14.0. The fourth-order valence-electron chi connectivity index (χ4n) is 6.11. The third-order valence-electron chi connectivity index (χ3n) is 8.47. The van der Waals surface area contributed by atoms with Gasteiger partial charge >= 0.3 is 6.18 Å². The van der Waals surface area contributed by atoms with Crippen molar-refractivity contribution in [3.63, 3.8) is 0 Å². The van der Waals surface area contributed by atoms with Gasteiger partial charge in [-0.1, -0.05) is 13.8 Å². The number of piperidine rings is 2. The average molecular weight is 645 g/mol. The van der Waals surface area contributed by atoms with Crippen molar-refractivity contribution in [1.82, 2.24) is 19.8 Å². The molecule has 6 rings (SSSR count). The van der Waals surface area contributed by atoms with Crippen LogP contribution in [0.5, 0.6) is 0 Å². The fraction of sp³-hybridized carbons (Fsp3) is 0.464. The SMILES string of the molecule is Cc1cc(C(F)(F)F)nc(-c2ccnc3cc(CN4C(=O)C5C(C4=O)C5(C)C)sc23)c1C(=O)N1CCC(N)CC1.Cl.Cl. The molecule has 3 aromatic heterocycles. The Kier molecular flexibility index (Phi) is 8.44. The van der Waals surface area contributed by atoms with Gasteiger partial charge < -0.3 is 10.6 Å². The van der Waals surface area contributed by atoms with E-state index in [4.69, 9.17) is 5.73 Å². The van der Waals surface area contributed by atoms with Crippen molar-refractivity contribution < 1.29 is 27.6 Å². The first kappa shape index (κ1) is 32.1. The maximum Gasteiger partial charge on any atom is 0.433 e. The number of pyridine rings is 2. The normalized spacial score (nSPS) is 21.7. The average Bonchev–Trinajstić information content (AvgIpc) is 3.13. The maximum absolute atomic E-state index is 13.9. The molecule has 2 unspecified atom stereocenters. The third kappa shape index (κ3) is 5.16. The van der Waals surface area contributed by atoms with Crippen LogP contribution in [0.4, 0.5) is 13.2 Å². The van der Waals surface area contributed by atoms with Gasteiger partial charge in [-0.3, -0.25) is 24.3 Å². The van der Waals surface area contributed by atoms with Crippen molar-refractivity contribution in [2.45, 2.75) is 52.4 Å². The highest BCUT2D eigenvalue weighted by Gasteiger charge is 2.72. The van der Waals surface area contributed by atoms with Gasteiger partial charge in [-0.25, -0.2) is 4.98 Å². The number of thiophene rings is 1. The first-order chi connectivity index (χ1) is 18.8. The number of hydrogen-bond donors (Lipinski definition) is 1. The van der Waals surface area contributed by atoms with Gasteiger partial charge in [-0.05, 0) is 48.9 Å². The summed E-state index contributed by atoms with van der Waals surface area (Å²) in [6.45, 7) is 6.19. The standard InChI is InChI=1S/C28H28F3N5O3S.2ClH/c1-13-10-18(28(29,30)31)34-22(19(13)24(37)35-8-5-14(32)6-9-35)16-4-7-33-17-11-15(40-23(16)17)12-36-25(38)20-21(26(36)39)27(20,2)3;;/h4,7,10-11,14,20-21H,5-6,8-9,12,32H2,1-3H3;2*1H. The smallest absolute Gasteiger partial charge is 0.338 e. The van der Waals surface area contributed by atoms with Crippen molar-refractivity contribution >= 4 is 64.1 Å². The topological polar surface area (TPSA) is 109 Å². The van der Waals surface area contributed by atoms with Crippen LogP contribution in [0.15, 0.2) is 24.4 Å². The Morgan fingerprint density at radius 2 is 1.74 bits per heavy atom. The minimum absolute atomic E-state index is 0. The Labute approximate surface area is 256 Å². The zero-order valence-corrected chi connectivity index (χ0v) is 25.5. The summed E-state index contributed by atoms with van der Waals surface area (Å²) in [6.07, 6.45) is -2.04. The number of carbonyl (C=O) groups excluding carboxylic acids is 3. The molecule has 3 amide bonds. The molecule has 2 saturated heterocycles. The molecule has 2 atom stereocenters. The lowest BCUT2D eigenvalue weighted by Crippen LogP contribution is -2.43. The number of alkyl halides is 3. The number of amides is 3. The van der Waals surface area contributed by atoms with E-state index in [0.717, 1.165) is 6.07 Å². The lowest BCUT2D eigenvalue weighted by Gasteiger charge is -2.31. The quantitative estimate of drug-likeness (QED) is 0.390. The number of halogens is 5. The summed E-state index contributed by atoms with van der Waals surface area (Å²) in [7, 11) is 0. The molecular formula is C28H30Cl2F3N5O3S. The van der Waals surface area contributed by atoms with Gasteiger partial charge in [0.05, 0.1) is 39.9 Å². The Morgan fingerprint density at radius 3 is 2.33 bits per heavy atom. The molecule has 0 bridgehead atoms. The lowest BCUT2D eigenvalue weighted by atomic mass is 9.98. The minimum atomic E-state index is -4.71. The van der Waals surface area contributed by atoms with Crippen LogP contribution in [-0.2, 0) is 22.3 Å². The summed E-state index contributed by atoms with van der Waals surface area (Å²) in [5.74, 6) is -1.40. The van der Waals surface area contributed by atoms with E-state index >= 15 is 0 Å². The van der Waals surface area contributed by atoms with Gasteiger partial charge in [0.15, 0.2) is 0 Å². The number of fused-ring (bicyclic) bond motifs is 2. The highest BCUT2D eigenvalue weighted by Crippen LogP contribution is 2.63. The van der Waals surface area contributed by atoms with Crippen molar-refractivity contribution in [2.24, 2.45) is 23.0 Å². The van der Waals surface area contributed by atoms with Gasteiger partial charge in [-0.15, -0.1) is 36.2 Å². The monoisotopic (exact) mass is 643 g/mol. The zero-order chi connectivity index (χ0) is 28.7. The molecule has 1 aliphatic carbocycles. The van der Waals surface area contributed by atoms with E-state index in [2.05, 4.69) is 9.97 Å². The number of nitrogens with zero attached hydrogens (tertiary/aromatic N) is 4. The van der Waals surface area contributed by atoms with Crippen molar-refractivity contribution in [3.05, 3.63) is 46.1 Å². The van der Waals surface area contributed by atoms with Gasteiger partial charge in [-0.2, -0.15) is 13.2 Å². The van der Waals surface area contributed by atoms with E-state index in [9.17, 15) is 27.6 Å². The number of carbonyl (C=O) groups is 3. The van der Waals surface area contributed by atoms with E-state index in [0.29, 0.717) is 46.6 Å². The maximum atomic E-state index is 13.9. The number of hydrogen-bond acceptors (Lipinski definition) is 7. The molecule has 3 aromatic rings. The molecule has 0 radical (unpaired) electrons. The molecule has 14 heteroatoms. The molecule has 0 aromatic carbocycles. The highest BCUT2D eigenvalue weighted by atomic mass is 35.5. The van der Waals surface area contributed by atoms with Crippen molar-refractivity contribution in [3.8, 4) is 11.3 Å². The summed E-state index contributed by atoms with van der Waals surface area (Å²) >= 11 is 1.23. The Balaban J connectivity index is 0.00000202. The van der Waals surface area contributed by atoms with Gasteiger partial charge in [0.1, 0.15) is 5.69 Å². The molecule has 42 heavy (non-hydrogen) atoms. The molecular weight excluding hydrogens is 614 g/mol. The van der Waals surface area contributed by atoms with E-state index in [1.165, 1.54) is 29.4 Å². The van der Waals surface area contributed by atoms with Crippen LogP contribution in [-0.4, -0.2) is 56.6 Å². The Morgan fingerprint density at radius 1 is 1.12 bits per heavy atom. The molecule has 3 aliphatic rings. The Hall–Kier alpha value is -2.80. The predicted molar refractivity (Wildman–Crippen MR) is 157 cm³/mol. The van der Waals surface area contributed by atoms with Crippen LogP contribution in [0.1, 0.15) is 53.2 Å². The second-order valence-electron chi connectivity index (χ2n) is 11.5. The van der Waals surface area contributed by atoms with E-state index < -0.39 is 17.8 Å². The molecule has 2 N–H and O–H groups in total. The molecule has 2 aliphatic heterocycles. The van der Waals surface area contributed by atoms with Crippen LogP contribution in [0.3, 0.4) is 0 Å². The second-order valence-corrected chi connectivity index (χ2v) is 12.6. The van der Waals surface area contributed by atoms with Crippen LogP contribution in [0, 0.1) is 24.2 Å². The fourth-order valence-corrected chi connectivity index (χ4v) is 7.23. The summed E-state index contributed by atoms with van der Waals surface area (Å²) in [5, 5.41) is 0. The van der Waals surface area contributed by atoms with Crippen LogP contribution in [0.2, 0.25) is 0 Å². The summed E-state index contributed by atoms with van der Waals surface area (Å²) < 4.78 is 42.1. The largest absolute Gasteiger partial charge is 0.433 e. The summed E-state index contributed by atoms with van der Waals surface area (Å²) in [6, 6.07) is 4.16. The minimum Gasteiger partial charge on any atom is -0.338 e. The number of likely N-dealkylation sites (tertiary alicyclic amines) is 2. The molecule has 3 fully saturated rings. The number of rotatable bonds is 4. The van der Waals surface area contributed by atoms with Crippen LogP contribution in [0.25, 0.3) is 21.5 Å². The van der Waals surface area contributed by atoms with E-state index in [-0.39, 0.29) is 83.3 Å². The van der Waals surface area contributed by atoms with Crippen LogP contribution < -0.4 is 5.73 Å². The molecule has 8 nitrogen and oxygen atoms in total. The molecule has 0 spiro atoms.